The van der Waals surface area contributed by atoms with Crippen molar-refractivity contribution in [2.75, 3.05) is 0 Å². The van der Waals surface area contributed by atoms with Crippen LogP contribution in [0.3, 0.4) is 0 Å². The summed E-state index contributed by atoms with van der Waals surface area (Å²) in [5, 5.41) is 10.1. The predicted molar refractivity (Wildman–Crippen MR) is 69.8 cm³/mol. The third-order valence-electron chi connectivity index (χ3n) is 2.41. The Hall–Kier alpha value is -0.820. The minimum atomic E-state index is -0.871. The Labute approximate surface area is 110 Å². The van der Waals surface area contributed by atoms with Gasteiger partial charge in [-0.05, 0) is 35.6 Å². The zero-order chi connectivity index (χ0) is 11.9. The molecule has 0 fully saturated rings. The summed E-state index contributed by atoms with van der Waals surface area (Å²) >= 11 is 8.17. The normalized spacial score (nSPS) is 10.9. The molecule has 1 N–H and O–H groups in total. The lowest BCUT2D eigenvalue weighted by atomic mass is 10.3. The molecule has 2 heterocycles. The molecule has 4 nitrogen and oxygen atoms in total. The van der Waals surface area contributed by atoms with E-state index in [1.807, 2.05) is 6.92 Å². The summed E-state index contributed by atoms with van der Waals surface area (Å²) in [6, 6.07) is 1.78. The molecular weight excluding hydrogens is 342 g/mol. The third kappa shape index (κ3) is 1.78. The van der Waals surface area contributed by atoms with Crippen molar-refractivity contribution in [2.24, 2.45) is 0 Å². The van der Waals surface area contributed by atoms with Gasteiger partial charge < -0.3 is 9.67 Å². The van der Waals surface area contributed by atoms with Crippen molar-refractivity contribution in [2.45, 2.75) is 13.5 Å². The molecule has 0 saturated heterocycles. The molecule has 0 unspecified atom stereocenters. The smallest absolute Gasteiger partial charge is 0.323 e. The highest BCUT2D eigenvalue weighted by atomic mass is 127. The number of carboxylic acid groups (broad SMARTS) is 1. The summed E-state index contributed by atoms with van der Waals surface area (Å²) in [6.07, 6.45) is 1.58. The van der Waals surface area contributed by atoms with Crippen LogP contribution in [0.2, 0.25) is 5.15 Å². The van der Waals surface area contributed by atoms with Crippen molar-refractivity contribution in [3.05, 3.63) is 26.7 Å². The number of fused-ring (bicyclic) bond motifs is 1. The number of halogens is 2. The maximum atomic E-state index is 10.8. The molecule has 0 atom stereocenters. The lowest BCUT2D eigenvalue weighted by molar-refractivity contribution is -0.137. The third-order valence-corrected chi connectivity index (χ3v) is 4.02. The Morgan fingerprint density at radius 1 is 1.69 bits per heavy atom. The van der Waals surface area contributed by atoms with E-state index < -0.39 is 5.97 Å². The van der Waals surface area contributed by atoms with Crippen LogP contribution >= 0.6 is 34.2 Å². The molecule has 84 valence electrons. The van der Waals surface area contributed by atoms with Crippen LogP contribution < -0.4 is 0 Å². The molecule has 16 heavy (non-hydrogen) atoms. The molecule has 0 aliphatic rings. The fourth-order valence-corrected chi connectivity index (χ4v) is 2.90. The second-order valence-corrected chi connectivity index (χ2v) is 4.81. The standard InChI is InChI=1S/C10H8ClIN2O2/c1-5-9(12)8-6(2-3-13-10(8)11)14(5)4-7(15)16/h2-3H,4H2,1H3,(H,15,16). The quantitative estimate of drug-likeness (QED) is 0.669. The van der Waals surface area contributed by atoms with Gasteiger partial charge in [0.1, 0.15) is 11.7 Å². The molecule has 2 aromatic rings. The van der Waals surface area contributed by atoms with Gasteiger partial charge in [-0.3, -0.25) is 4.79 Å². The fraction of sp³-hybridized carbons (Fsp3) is 0.200. The van der Waals surface area contributed by atoms with Crippen LogP contribution in [0.5, 0.6) is 0 Å². The summed E-state index contributed by atoms with van der Waals surface area (Å²) < 4.78 is 2.68. The highest BCUT2D eigenvalue weighted by molar-refractivity contribution is 14.1. The molecular formula is C10H8ClIN2O2. The zero-order valence-corrected chi connectivity index (χ0v) is 11.3. The Kier molecular flexibility index (Phi) is 3.07. The monoisotopic (exact) mass is 350 g/mol. The van der Waals surface area contributed by atoms with Gasteiger partial charge in [-0.25, -0.2) is 4.98 Å². The molecule has 2 aromatic heterocycles. The van der Waals surface area contributed by atoms with Crippen LogP contribution in [0.15, 0.2) is 12.3 Å². The first-order chi connectivity index (χ1) is 7.52. The Balaban J connectivity index is 2.79. The number of hydrogen-bond donors (Lipinski definition) is 1. The van der Waals surface area contributed by atoms with Gasteiger partial charge in [-0.15, -0.1) is 0 Å². The van der Waals surface area contributed by atoms with Gasteiger partial charge >= 0.3 is 5.97 Å². The van der Waals surface area contributed by atoms with Crippen molar-refractivity contribution >= 4 is 51.1 Å². The molecule has 2 rings (SSSR count). The molecule has 0 aliphatic heterocycles. The van der Waals surface area contributed by atoms with E-state index in [1.165, 1.54) is 0 Å². The largest absolute Gasteiger partial charge is 0.480 e. The van der Waals surface area contributed by atoms with E-state index in [1.54, 1.807) is 16.8 Å². The predicted octanol–water partition coefficient (Wildman–Crippen LogP) is 2.69. The molecule has 0 aromatic carbocycles. The minimum absolute atomic E-state index is 0.0638. The van der Waals surface area contributed by atoms with Gasteiger partial charge in [-0.1, -0.05) is 11.6 Å². The van der Waals surface area contributed by atoms with Crippen molar-refractivity contribution < 1.29 is 9.90 Å². The average molecular weight is 351 g/mol. The van der Waals surface area contributed by atoms with Crippen molar-refractivity contribution in [3.8, 4) is 0 Å². The SMILES string of the molecule is Cc1c(I)c2c(Cl)nccc2n1CC(=O)O. The Bertz CT molecular complexity index is 580. The highest BCUT2D eigenvalue weighted by Crippen LogP contribution is 2.31. The number of hydrogen-bond acceptors (Lipinski definition) is 2. The van der Waals surface area contributed by atoms with Gasteiger partial charge in [0.25, 0.3) is 0 Å². The second kappa shape index (κ2) is 4.21. The van der Waals surface area contributed by atoms with E-state index in [0.717, 1.165) is 20.2 Å². The van der Waals surface area contributed by atoms with Crippen molar-refractivity contribution in [3.63, 3.8) is 0 Å². The Morgan fingerprint density at radius 3 is 3.00 bits per heavy atom. The van der Waals surface area contributed by atoms with Gasteiger partial charge in [0.2, 0.25) is 0 Å². The summed E-state index contributed by atoms with van der Waals surface area (Å²) in [7, 11) is 0. The van der Waals surface area contributed by atoms with Crippen LogP contribution in [0.25, 0.3) is 10.9 Å². The average Bonchev–Trinajstić information content (AvgIpc) is 2.44. The van der Waals surface area contributed by atoms with E-state index in [9.17, 15) is 4.79 Å². The van der Waals surface area contributed by atoms with Crippen molar-refractivity contribution in [1.82, 2.24) is 9.55 Å². The Morgan fingerprint density at radius 2 is 2.38 bits per heavy atom. The van der Waals surface area contributed by atoms with Gasteiger partial charge in [0.05, 0.1) is 10.9 Å². The molecule has 0 spiro atoms. The summed E-state index contributed by atoms with van der Waals surface area (Å²) in [6.45, 7) is 1.81. The molecule has 0 saturated carbocycles. The molecule has 0 bridgehead atoms. The molecule has 6 heteroatoms. The van der Waals surface area contributed by atoms with Gasteiger partial charge in [0, 0.05) is 15.5 Å². The lowest BCUT2D eigenvalue weighted by Crippen LogP contribution is -2.09. The van der Waals surface area contributed by atoms with E-state index in [4.69, 9.17) is 16.7 Å². The van der Waals surface area contributed by atoms with Gasteiger partial charge in [-0.2, -0.15) is 0 Å². The second-order valence-electron chi connectivity index (χ2n) is 3.38. The van der Waals surface area contributed by atoms with Crippen LogP contribution in [0.4, 0.5) is 0 Å². The van der Waals surface area contributed by atoms with Gasteiger partial charge in [0.15, 0.2) is 0 Å². The summed E-state index contributed by atoms with van der Waals surface area (Å²) in [4.78, 5) is 14.8. The zero-order valence-electron chi connectivity index (χ0n) is 8.37. The van der Waals surface area contributed by atoms with Crippen molar-refractivity contribution in [1.29, 1.82) is 0 Å². The maximum Gasteiger partial charge on any atom is 0.323 e. The minimum Gasteiger partial charge on any atom is -0.480 e. The topological polar surface area (TPSA) is 55.1 Å². The number of carboxylic acids is 1. The van der Waals surface area contributed by atoms with Crippen LogP contribution in [0.1, 0.15) is 5.69 Å². The van der Waals surface area contributed by atoms with E-state index in [2.05, 4.69) is 27.6 Å². The van der Waals surface area contributed by atoms with E-state index >= 15 is 0 Å². The van der Waals surface area contributed by atoms with Crippen LogP contribution in [0, 0.1) is 10.5 Å². The fourth-order valence-electron chi connectivity index (χ4n) is 1.67. The number of pyridine rings is 1. The van der Waals surface area contributed by atoms with E-state index in [0.29, 0.717) is 5.15 Å². The number of aliphatic carboxylic acids is 1. The van der Waals surface area contributed by atoms with Crippen LogP contribution in [-0.4, -0.2) is 20.6 Å². The maximum absolute atomic E-state index is 10.8. The summed E-state index contributed by atoms with van der Waals surface area (Å²) in [5.74, 6) is -0.871. The van der Waals surface area contributed by atoms with E-state index in [-0.39, 0.29) is 6.54 Å². The molecule has 0 amide bonds. The number of rotatable bonds is 2. The first-order valence-corrected chi connectivity index (χ1v) is 5.98. The first kappa shape index (κ1) is 11.7. The first-order valence-electron chi connectivity index (χ1n) is 4.53. The number of aromatic nitrogens is 2. The lowest BCUT2D eigenvalue weighted by Gasteiger charge is -2.03. The highest BCUT2D eigenvalue weighted by Gasteiger charge is 2.16. The van der Waals surface area contributed by atoms with Crippen LogP contribution in [-0.2, 0) is 11.3 Å². The number of nitrogens with zero attached hydrogens (tertiary/aromatic N) is 2. The number of carbonyl (C=O) groups is 1. The summed E-state index contributed by atoms with van der Waals surface area (Å²) in [5.41, 5.74) is 1.71. The molecule has 0 aliphatic carbocycles. The molecule has 0 radical (unpaired) electrons.